The fraction of sp³-hybridized carbons (Fsp3) is 0.227. The van der Waals surface area contributed by atoms with Crippen molar-refractivity contribution in [3.63, 3.8) is 0 Å². The Kier molecular flexibility index (Phi) is 7.60. The van der Waals surface area contributed by atoms with Crippen LogP contribution in [0.2, 0.25) is 0 Å². The molecule has 2 heterocycles. The SMILES string of the molecule is COc1ccc2nc(N(CCCn3ccnc3)C(=O)c3cccc(C(F)(F)F)c3)sc2c1.Cl. The molecule has 4 aromatic rings. The van der Waals surface area contributed by atoms with E-state index in [4.69, 9.17) is 4.74 Å². The highest BCUT2D eigenvalue weighted by Gasteiger charge is 2.31. The van der Waals surface area contributed by atoms with Crippen molar-refractivity contribution in [1.82, 2.24) is 14.5 Å². The number of alkyl halides is 3. The van der Waals surface area contributed by atoms with E-state index in [0.29, 0.717) is 29.4 Å². The first-order chi connectivity index (χ1) is 15.3. The minimum absolute atomic E-state index is 0. The lowest BCUT2D eigenvalue weighted by Gasteiger charge is -2.20. The number of hydrogen-bond donors (Lipinski definition) is 0. The van der Waals surface area contributed by atoms with Crippen LogP contribution in [-0.4, -0.2) is 34.1 Å². The van der Waals surface area contributed by atoms with Crippen LogP contribution in [0.3, 0.4) is 0 Å². The van der Waals surface area contributed by atoms with Gasteiger partial charge in [0.25, 0.3) is 5.91 Å². The summed E-state index contributed by atoms with van der Waals surface area (Å²) in [5.41, 5.74) is -0.225. The van der Waals surface area contributed by atoms with Crippen LogP contribution in [0.15, 0.2) is 61.2 Å². The molecule has 0 aliphatic heterocycles. The Labute approximate surface area is 198 Å². The number of thiazole rings is 1. The van der Waals surface area contributed by atoms with Crippen molar-refractivity contribution in [2.24, 2.45) is 0 Å². The number of rotatable bonds is 7. The van der Waals surface area contributed by atoms with Gasteiger partial charge in [-0.3, -0.25) is 9.69 Å². The molecule has 2 aromatic carbocycles. The Morgan fingerprint density at radius 1 is 1.21 bits per heavy atom. The number of nitrogens with zero attached hydrogens (tertiary/aromatic N) is 4. The number of methoxy groups -OCH3 is 1. The predicted octanol–water partition coefficient (Wildman–Crippen LogP) is 5.68. The summed E-state index contributed by atoms with van der Waals surface area (Å²) in [4.78, 5) is 23.3. The van der Waals surface area contributed by atoms with E-state index >= 15 is 0 Å². The van der Waals surface area contributed by atoms with Crippen LogP contribution in [0.5, 0.6) is 5.75 Å². The van der Waals surface area contributed by atoms with Gasteiger partial charge in [0, 0.05) is 31.0 Å². The molecule has 0 saturated carbocycles. The molecule has 0 aliphatic rings. The second kappa shape index (κ2) is 10.2. The molecule has 1 amide bonds. The van der Waals surface area contributed by atoms with Gasteiger partial charge in [-0.1, -0.05) is 17.4 Å². The summed E-state index contributed by atoms with van der Waals surface area (Å²) < 4.78 is 47.4. The van der Waals surface area contributed by atoms with Crippen LogP contribution < -0.4 is 9.64 Å². The van der Waals surface area contributed by atoms with Crippen molar-refractivity contribution in [3.8, 4) is 5.75 Å². The van der Waals surface area contributed by atoms with Gasteiger partial charge in [-0.15, -0.1) is 12.4 Å². The van der Waals surface area contributed by atoms with Crippen LogP contribution in [0.4, 0.5) is 18.3 Å². The molecule has 0 unspecified atom stereocenters. The molecule has 0 atom stereocenters. The first kappa shape index (κ1) is 24.5. The van der Waals surface area contributed by atoms with E-state index in [0.717, 1.165) is 16.8 Å². The molecular weight excluding hydrogens is 477 g/mol. The van der Waals surface area contributed by atoms with Crippen molar-refractivity contribution in [2.75, 3.05) is 18.6 Å². The fourth-order valence-corrected chi connectivity index (χ4v) is 4.25. The third kappa shape index (κ3) is 5.63. The van der Waals surface area contributed by atoms with Crippen molar-refractivity contribution in [1.29, 1.82) is 0 Å². The predicted molar refractivity (Wildman–Crippen MR) is 123 cm³/mol. The van der Waals surface area contributed by atoms with E-state index in [1.165, 1.54) is 28.4 Å². The summed E-state index contributed by atoms with van der Waals surface area (Å²) in [6.45, 7) is 0.884. The summed E-state index contributed by atoms with van der Waals surface area (Å²) in [6.07, 6.45) is 1.17. The van der Waals surface area contributed by atoms with Gasteiger partial charge in [-0.05, 0) is 42.8 Å². The van der Waals surface area contributed by atoms with E-state index in [-0.39, 0.29) is 24.5 Å². The number of amides is 1. The lowest BCUT2D eigenvalue weighted by Crippen LogP contribution is -2.32. The number of aryl methyl sites for hydroxylation is 1. The smallest absolute Gasteiger partial charge is 0.416 e. The highest BCUT2D eigenvalue weighted by Crippen LogP contribution is 2.33. The van der Waals surface area contributed by atoms with Crippen LogP contribution in [0, 0.1) is 0 Å². The molecule has 0 bridgehead atoms. The zero-order valence-corrected chi connectivity index (χ0v) is 19.1. The lowest BCUT2D eigenvalue weighted by atomic mass is 10.1. The summed E-state index contributed by atoms with van der Waals surface area (Å²) in [6, 6.07) is 9.82. The zero-order valence-electron chi connectivity index (χ0n) is 17.5. The maximum Gasteiger partial charge on any atom is 0.416 e. The van der Waals surface area contributed by atoms with Gasteiger partial charge in [0.1, 0.15) is 5.75 Å². The van der Waals surface area contributed by atoms with Crippen molar-refractivity contribution in [2.45, 2.75) is 19.1 Å². The maximum atomic E-state index is 13.3. The number of aromatic nitrogens is 3. The van der Waals surface area contributed by atoms with Crippen molar-refractivity contribution < 1.29 is 22.7 Å². The van der Waals surface area contributed by atoms with Gasteiger partial charge in [-0.2, -0.15) is 13.2 Å². The molecule has 4 rings (SSSR count). The molecule has 0 fully saturated rings. The van der Waals surface area contributed by atoms with Gasteiger partial charge in [-0.25, -0.2) is 9.97 Å². The number of imidazole rings is 1. The topological polar surface area (TPSA) is 60.2 Å². The fourth-order valence-electron chi connectivity index (χ4n) is 3.23. The van der Waals surface area contributed by atoms with Crippen LogP contribution in [0.1, 0.15) is 22.3 Å². The number of anilines is 1. The molecule has 0 saturated heterocycles. The number of carbonyl (C=O) groups is 1. The molecule has 2 aromatic heterocycles. The first-order valence-corrected chi connectivity index (χ1v) is 10.6. The second-order valence-electron chi connectivity index (χ2n) is 7.02. The minimum Gasteiger partial charge on any atom is -0.497 e. The van der Waals surface area contributed by atoms with Crippen LogP contribution in [-0.2, 0) is 12.7 Å². The van der Waals surface area contributed by atoms with Gasteiger partial charge in [0.15, 0.2) is 5.13 Å². The average Bonchev–Trinajstić information content (AvgIpc) is 3.45. The van der Waals surface area contributed by atoms with Gasteiger partial charge in [0.2, 0.25) is 0 Å². The van der Waals surface area contributed by atoms with E-state index < -0.39 is 17.6 Å². The summed E-state index contributed by atoms with van der Waals surface area (Å²) in [5.74, 6) is 0.122. The number of fused-ring (bicyclic) bond motifs is 1. The maximum absolute atomic E-state index is 13.3. The average molecular weight is 497 g/mol. The van der Waals surface area contributed by atoms with E-state index in [9.17, 15) is 18.0 Å². The Balaban J connectivity index is 0.00000306. The van der Waals surface area contributed by atoms with E-state index in [1.54, 1.807) is 31.8 Å². The molecule has 33 heavy (non-hydrogen) atoms. The monoisotopic (exact) mass is 496 g/mol. The van der Waals surface area contributed by atoms with Crippen LogP contribution >= 0.6 is 23.7 Å². The van der Waals surface area contributed by atoms with Gasteiger partial charge in [0.05, 0.1) is 29.2 Å². The number of ether oxygens (including phenoxy) is 1. The van der Waals surface area contributed by atoms with Gasteiger partial charge >= 0.3 is 6.18 Å². The summed E-state index contributed by atoms with van der Waals surface area (Å²) in [5, 5.41) is 0.418. The Morgan fingerprint density at radius 3 is 2.73 bits per heavy atom. The lowest BCUT2D eigenvalue weighted by molar-refractivity contribution is -0.137. The summed E-state index contributed by atoms with van der Waals surface area (Å²) >= 11 is 1.29. The molecule has 0 aliphatic carbocycles. The zero-order chi connectivity index (χ0) is 22.7. The number of halogens is 4. The van der Waals surface area contributed by atoms with Crippen LogP contribution in [0.25, 0.3) is 10.2 Å². The Hall–Kier alpha value is -3.11. The standard InChI is InChI=1S/C22H19F3N4O2S.ClH/c1-31-17-6-7-18-19(13-17)32-21(27-18)29(10-3-9-28-11-8-26-14-28)20(30)15-4-2-5-16(12-15)22(23,24)25;/h2,4-8,11-14H,3,9-10H2,1H3;1H. The quantitative estimate of drug-likeness (QED) is 0.330. The van der Waals surface area contributed by atoms with E-state index in [1.807, 2.05) is 16.8 Å². The Bertz CT molecular complexity index is 1230. The van der Waals surface area contributed by atoms with Crippen molar-refractivity contribution >= 4 is 45.0 Å². The molecule has 174 valence electrons. The molecule has 11 heteroatoms. The van der Waals surface area contributed by atoms with Gasteiger partial charge < -0.3 is 9.30 Å². The molecule has 0 radical (unpaired) electrons. The second-order valence-corrected chi connectivity index (χ2v) is 8.03. The molecule has 0 N–H and O–H groups in total. The number of carbonyl (C=O) groups excluding carboxylic acids is 1. The highest BCUT2D eigenvalue weighted by atomic mass is 35.5. The minimum atomic E-state index is -4.53. The van der Waals surface area contributed by atoms with Crippen molar-refractivity contribution in [3.05, 3.63) is 72.3 Å². The third-order valence-corrected chi connectivity index (χ3v) is 5.90. The molecule has 6 nitrogen and oxygen atoms in total. The summed E-state index contributed by atoms with van der Waals surface area (Å²) in [7, 11) is 1.56. The Morgan fingerprint density at radius 2 is 2.03 bits per heavy atom. The largest absolute Gasteiger partial charge is 0.497 e. The van der Waals surface area contributed by atoms with E-state index in [2.05, 4.69) is 9.97 Å². The molecular formula is C22H20ClF3N4O2S. The highest BCUT2D eigenvalue weighted by molar-refractivity contribution is 7.22. The molecule has 0 spiro atoms. The number of hydrogen-bond acceptors (Lipinski definition) is 5. The third-order valence-electron chi connectivity index (χ3n) is 4.85. The first-order valence-electron chi connectivity index (χ1n) is 9.74. The number of benzene rings is 2. The normalized spacial score (nSPS) is 11.3.